The minimum atomic E-state index is -0.907. The molecule has 0 aliphatic heterocycles. The van der Waals surface area contributed by atoms with Crippen molar-refractivity contribution in [3.63, 3.8) is 0 Å². The van der Waals surface area contributed by atoms with Crippen molar-refractivity contribution >= 4 is 41.2 Å². The summed E-state index contributed by atoms with van der Waals surface area (Å²) in [5, 5.41) is 11.7. The van der Waals surface area contributed by atoms with Crippen LogP contribution in [0.5, 0.6) is 0 Å². The van der Waals surface area contributed by atoms with Gasteiger partial charge in [0.2, 0.25) is 0 Å². The van der Waals surface area contributed by atoms with Gasteiger partial charge in [-0.3, -0.25) is 0 Å². The van der Waals surface area contributed by atoms with Crippen molar-refractivity contribution < 1.29 is 9.90 Å². The Labute approximate surface area is 105 Å². The molecule has 0 aromatic heterocycles. The van der Waals surface area contributed by atoms with Crippen molar-refractivity contribution in [2.75, 3.05) is 11.9 Å². The Morgan fingerprint density at radius 1 is 1.43 bits per heavy atom. The van der Waals surface area contributed by atoms with E-state index >= 15 is 0 Å². The van der Waals surface area contributed by atoms with E-state index < -0.39 is 5.97 Å². The molecule has 0 radical (unpaired) electrons. The van der Waals surface area contributed by atoms with Gasteiger partial charge in [-0.25, -0.2) is 4.79 Å². The van der Waals surface area contributed by atoms with Crippen LogP contribution in [0.3, 0.4) is 0 Å². The molecule has 0 fully saturated rings. The van der Waals surface area contributed by atoms with Gasteiger partial charge in [-0.2, -0.15) is 0 Å². The number of carboxylic acid groups (broad SMARTS) is 1. The molecule has 0 unspecified atom stereocenters. The topological polar surface area (TPSA) is 49.3 Å². The van der Waals surface area contributed by atoms with Crippen LogP contribution in [0.15, 0.2) is 36.9 Å². The molecule has 0 saturated carbocycles. The van der Waals surface area contributed by atoms with E-state index in [1.807, 2.05) is 0 Å². The van der Waals surface area contributed by atoms with Gasteiger partial charge in [-0.1, -0.05) is 6.08 Å². The third kappa shape index (κ3) is 3.96. The fraction of sp³-hybridized carbons (Fsp3) is 0.100. The average Bonchev–Trinajstić information content (AvgIpc) is 2.15. The number of carbonyl (C=O) groups is 1. The van der Waals surface area contributed by atoms with Crippen LogP contribution in [0.2, 0.25) is 0 Å². The van der Waals surface area contributed by atoms with Gasteiger partial charge in [0.1, 0.15) is 0 Å². The molecule has 1 aromatic carbocycles. The zero-order valence-electron chi connectivity index (χ0n) is 7.16. The molecule has 0 saturated heterocycles. The molecular formula is C10H12NNaO2. The second-order valence-corrected chi connectivity index (χ2v) is 2.55. The average molecular weight is 201 g/mol. The monoisotopic (exact) mass is 201 g/mol. The molecule has 0 atom stereocenters. The van der Waals surface area contributed by atoms with Crippen molar-refractivity contribution in [1.29, 1.82) is 0 Å². The Balaban J connectivity index is 0.00000169. The van der Waals surface area contributed by atoms with Crippen LogP contribution in [-0.4, -0.2) is 47.2 Å². The maximum absolute atomic E-state index is 10.5. The zero-order valence-corrected chi connectivity index (χ0v) is 7.16. The molecule has 14 heavy (non-hydrogen) atoms. The number of anilines is 1. The molecule has 0 amide bonds. The normalized spacial score (nSPS) is 8.57. The van der Waals surface area contributed by atoms with Gasteiger partial charge in [-0.15, -0.1) is 6.58 Å². The number of benzene rings is 1. The van der Waals surface area contributed by atoms with Crippen molar-refractivity contribution in [2.45, 2.75) is 0 Å². The van der Waals surface area contributed by atoms with Crippen LogP contribution in [0.25, 0.3) is 0 Å². The Morgan fingerprint density at radius 3 is 2.43 bits per heavy atom. The van der Waals surface area contributed by atoms with E-state index in [0.29, 0.717) is 12.1 Å². The second kappa shape index (κ2) is 6.65. The van der Waals surface area contributed by atoms with Crippen LogP contribution in [0, 0.1) is 0 Å². The van der Waals surface area contributed by atoms with Gasteiger partial charge < -0.3 is 10.4 Å². The Morgan fingerprint density at radius 2 is 2.00 bits per heavy atom. The number of carboxylic acids is 1. The van der Waals surface area contributed by atoms with E-state index in [1.54, 1.807) is 30.3 Å². The summed E-state index contributed by atoms with van der Waals surface area (Å²) in [6, 6.07) is 6.58. The summed E-state index contributed by atoms with van der Waals surface area (Å²) in [4.78, 5) is 10.5. The summed E-state index contributed by atoms with van der Waals surface area (Å²) in [5.74, 6) is -0.907. The van der Waals surface area contributed by atoms with E-state index in [0.717, 1.165) is 5.69 Å². The molecule has 0 bridgehead atoms. The summed E-state index contributed by atoms with van der Waals surface area (Å²) in [5.41, 5.74) is 1.19. The first-order valence-electron chi connectivity index (χ1n) is 3.92. The number of hydrogen-bond donors (Lipinski definition) is 2. The van der Waals surface area contributed by atoms with Gasteiger partial charge >= 0.3 is 35.5 Å². The number of hydrogen-bond acceptors (Lipinski definition) is 2. The maximum atomic E-state index is 10.5. The Bertz CT molecular complexity index is 308. The van der Waals surface area contributed by atoms with Crippen molar-refractivity contribution in [3.8, 4) is 0 Å². The molecule has 0 spiro atoms. The fourth-order valence-corrected chi connectivity index (χ4v) is 0.921. The molecular weight excluding hydrogens is 189 g/mol. The first-order chi connectivity index (χ1) is 6.24. The molecule has 70 valence electrons. The second-order valence-electron chi connectivity index (χ2n) is 2.55. The predicted octanol–water partition coefficient (Wildman–Crippen LogP) is 1.33. The van der Waals surface area contributed by atoms with E-state index in [-0.39, 0.29) is 29.6 Å². The van der Waals surface area contributed by atoms with Gasteiger partial charge in [0.05, 0.1) is 5.56 Å². The van der Waals surface area contributed by atoms with E-state index in [1.165, 1.54) is 0 Å². The van der Waals surface area contributed by atoms with E-state index in [9.17, 15) is 4.79 Å². The Hall–Kier alpha value is -0.770. The summed E-state index contributed by atoms with van der Waals surface area (Å²) in [7, 11) is 0. The molecule has 0 aliphatic carbocycles. The number of aromatic carboxylic acids is 1. The SMILES string of the molecule is C=CCNc1ccc(C(=O)O)cc1.[NaH]. The molecule has 0 aliphatic rings. The molecule has 2 N–H and O–H groups in total. The molecule has 3 nitrogen and oxygen atoms in total. The standard InChI is InChI=1S/C10H11NO2.Na.H/c1-2-7-11-9-5-3-8(4-6-9)10(12)13;;/h2-6,11H,1,7H2,(H,12,13);;. The van der Waals surface area contributed by atoms with Crippen LogP contribution in [-0.2, 0) is 0 Å². The predicted molar refractivity (Wildman–Crippen MR) is 59.2 cm³/mol. The summed E-state index contributed by atoms with van der Waals surface area (Å²) in [6.45, 7) is 4.24. The zero-order chi connectivity index (χ0) is 9.68. The van der Waals surface area contributed by atoms with Crippen LogP contribution in [0.1, 0.15) is 10.4 Å². The van der Waals surface area contributed by atoms with Crippen LogP contribution >= 0.6 is 0 Å². The molecule has 1 aromatic rings. The van der Waals surface area contributed by atoms with Gasteiger partial charge in [-0.05, 0) is 24.3 Å². The molecule has 1 rings (SSSR count). The van der Waals surface area contributed by atoms with Gasteiger partial charge in [0, 0.05) is 12.2 Å². The van der Waals surface area contributed by atoms with Crippen LogP contribution < -0.4 is 5.32 Å². The Kier molecular flexibility index (Phi) is 6.28. The van der Waals surface area contributed by atoms with Crippen molar-refractivity contribution in [1.82, 2.24) is 0 Å². The summed E-state index contributed by atoms with van der Waals surface area (Å²) < 4.78 is 0. The molecule has 0 heterocycles. The van der Waals surface area contributed by atoms with Gasteiger partial charge in [0.15, 0.2) is 0 Å². The fourth-order valence-electron chi connectivity index (χ4n) is 0.921. The third-order valence-corrected chi connectivity index (χ3v) is 1.58. The third-order valence-electron chi connectivity index (χ3n) is 1.58. The summed E-state index contributed by atoms with van der Waals surface area (Å²) >= 11 is 0. The minimum absolute atomic E-state index is 0. The first kappa shape index (κ1) is 13.2. The van der Waals surface area contributed by atoms with E-state index in [2.05, 4.69) is 11.9 Å². The summed E-state index contributed by atoms with van der Waals surface area (Å²) in [6.07, 6.45) is 1.74. The number of rotatable bonds is 4. The van der Waals surface area contributed by atoms with Crippen molar-refractivity contribution in [3.05, 3.63) is 42.5 Å². The first-order valence-corrected chi connectivity index (χ1v) is 3.92. The van der Waals surface area contributed by atoms with E-state index in [4.69, 9.17) is 5.11 Å². The number of nitrogens with one attached hydrogen (secondary N) is 1. The quantitative estimate of drug-likeness (QED) is 0.570. The van der Waals surface area contributed by atoms with Gasteiger partial charge in [0.25, 0.3) is 0 Å². The molecule has 4 heteroatoms. The van der Waals surface area contributed by atoms with Crippen molar-refractivity contribution in [2.24, 2.45) is 0 Å². The van der Waals surface area contributed by atoms with Crippen LogP contribution in [0.4, 0.5) is 5.69 Å².